The average molecular weight is 515 g/mol. The minimum absolute atomic E-state index is 0.0517. The van der Waals surface area contributed by atoms with E-state index in [1.807, 2.05) is 18.7 Å². The number of pyridine rings is 1. The van der Waals surface area contributed by atoms with Crippen LogP contribution in [0.5, 0.6) is 17.4 Å². The lowest BCUT2D eigenvalue weighted by molar-refractivity contribution is -0.138. The van der Waals surface area contributed by atoms with E-state index in [0.717, 1.165) is 0 Å². The van der Waals surface area contributed by atoms with Gasteiger partial charge < -0.3 is 19.1 Å². The molecule has 0 radical (unpaired) electrons. The van der Waals surface area contributed by atoms with Crippen LogP contribution in [0.4, 0.5) is 17.6 Å². The summed E-state index contributed by atoms with van der Waals surface area (Å²) in [5.74, 6) is -1.16. The predicted octanol–water partition coefficient (Wildman–Crippen LogP) is 6.40. The largest absolute Gasteiger partial charge is 0.490 e. The van der Waals surface area contributed by atoms with Crippen LogP contribution in [0.3, 0.4) is 0 Å². The fourth-order valence-electron chi connectivity index (χ4n) is 2.47. The molecule has 32 heavy (non-hydrogen) atoms. The summed E-state index contributed by atoms with van der Waals surface area (Å²) >= 11 is 17.7. The molecule has 0 saturated carbocycles. The highest BCUT2D eigenvalue weighted by atomic mass is 35.5. The standard InChI is InChI=1S/C20H20Cl2F4N2O3S/c1-3-28(4-2)19(32)31-13-9-14(21)17(15(22)10-13)29-6-5-7-30-18-16(23)8-12(11-27-18)20(24,25)26/h8-11H,3-7H2,1-2H3. The third kappa shape index (κ3) is 7.25. The average Bonchev–Trinajstić information content (AvgIpc) is 2.70. The Balaban J connectivity index is 1.87. The van der Waals surface area contributed by atoms with Crippen molar-refractivity contribution in [1.82, 2.24) is 9.88 Å². The molecule has 0 bridgehead atoms. The molecule has 1 aromatic heterocycles. The second-order valence-electron chi connectivity index (χ2n) is 6.32. The number of hydrogen-bond acceptors (Lipinski definition) is 5. The fourth-order valence-corrected chi connectivity index (χ4v) is 3.40. The third-order valence-corrected chi connectivity index (χ3v) is 5.01. The van der Waals surface area contributed by atoms with Gasteiger partial charge in [-0.05, 0) is 32.1 Å². The Hall–Kier alpha value is -2.04. The molecule has 0 atom stereocenters. The van der Waals surface area contributed by atoms with Crippen molar-refractivity contribution in [2.75, 3.05) is 26.3 Å². The highest BCUT2D eigenvalue weighted by Gasteiger charge is 2.32. The summed E-state index contributed by atoms with van der Waals surface area (Å²) in [6.07, 6.45) is -3.92. The van der Waals surface area contributed by atoms with Crippen LogP contribution < -0.4 is 14.2 Å². The molecule has 0 saturated heterocycles. The number of halogens is 6. The molecular weight excluding hydrogens is 495 g/mol. The topological polar surface area (TPSA) is 43.8 Å². The molecule has 2 rings (SSSR count). The van der Waals surface area contributed by atoms with E-state index in [4.69, 9.17) is 49.6 Å². The SMILES string of the molecule is CCN(CC)C(=S)Oc1cc(Cl)c(OCCCOc2ncc(C(F)(F)F)cc2F)c(Cl)c1. The minimum atomic E-state index is -4.68. The molecule has 2 aromatic rings. The monoisotopic (exact) mass is 514 g/mol. The van der Waals surface area contributed by atoms with E-state index in [1.165, 1.54) is 12.1 Å². The number of hydrogen-bond donors (Lipinski definition) is 0. The Bertz CT molecular complexity index is 921. The van der Waals surface area contributed by atoms with Crippen LogP contribution in [-0.4, -0.2) is 41.4 Å². The summed E-state index contributed by atoms with van der Waals surface area (Å²) in [5, 5.41) is 0.689. The predicted molar refractivity (Wildman–Crippen MR) is 117 cm³/mol. The van der Waals surface area contributed by atoms with Gasteiger partial charge in [0.1, 0.15) is 5.75 Å². The maximum Gasteiger partial charge on any atom is 0.417 e. The summed E-state index contributed by atoms with van der Waals surface area (Å²) in [7, 11) is 0. The van der Waals surface area contributed by atoms with Crippen LogP contribution in [0.15, 0.2) is 24.4 Å². The highest BCUT2D eigenvalue weighted by Crippen LogP contribution is 2.37. The molecule has 0 aliphatic carbocycles. The first kappa shape index (κ1) is 26.2. The maximum atomic E-state index is 13.7. The molecule has 0 aliphatic rings. The van der Waals surface area contributed by atoms with Crippen LogP contribution in [0.2, 0.25) is 10.0 Å². The summed E-state index contributed by atoms with van der Waals surface area (Å²) in [4.78, 5) is 5.20. The van der Waals surface area contributed by atoms with Crippen molar-refractivity contribution in [3.63, 3.8) is 0 Å². The van der Waals surface area contributed by atoms with Crippen molar-refractivity contribution in [2.24, 2.45) is 0 Å². The van der Waals surface area contributed by atoms with Gasteiger partial charge in [0.15, 0.2) is 11.6 Å². The van der Waals surface area contributed by atoms with Gasteiger partial charge in [-0.25, -0.2) is 9.37 Å². The summed E-state index contributed by atoms with van der Waals surface area (Å²) in [6.45, 7) is 5.31. The van der Waals surface area contributed by atoms with Crippen molar-refractivity contribution in [3.05, 3.63) is 45.8 Å². The Morgan fingerprint density at radius 3 is 2.19 bits per heavy atom. The Morgan fingerprint density at radius 1 is 1.06 bits per heavy atom. The van der Waals surface area contributed by atoms with E-state index in [-0.39, 0.29) is 40.6 Å². The van der Waals surface area contributed by atoms with Gasteiger partial charge in [0.05, 0.1) is 28.8 Å². The van der Waals surface area contributed by atoms with E-state index < -0.39 is 23.4 Å². The van der Waals surface area contributed by atoms with Crippen molar-refractivity contribution in [2.45, 2.75) is 26.4 Å². The molecular formula is C20H20Cl2F4N2O3S. The molecule has 0 fully saturated rings. The van der Waals surface area contributed by atoms with Gasteiger partial charge in [-0.1, -0.05) is 23.2 Å². The zero-order chi connectivity index (χ0) is 23.9. The lowest BCUT2D eigenvalue weighted by Crippen LogP contribution is -2.32. The molecule has 0 N–H and O–H groups in total. The van der Waals surface area contributed by atoms with Crippen LogP contribution in [-0.2, 0) is 6.18 Å². The second-order valence-corrected chi connectivity index (χ2v) is 7.48. The summed E-state index contributed by atoms with van der Waals surface area (Å²) < 4.78 is 67.5. The van der Waals surface area contributed by atoms with E-state index in [1.54, 1.807) is 0 Å². The molecule has 1 aromatic carbocycles. The molecule has 12 heteroatoms. The van der Waals surface area contributed by atoms with E-state index in [2.05, 4.69) is 4.98 Å². The number of aromatic nitrogens is 1. The Kier molecular flexibility index (Phi) is 9.60. The lowest BCUT2D eigenvalue weighted by Gasteiger charge is -2.21. The van der Waals surface area contributed by atoms with E-state index in [0.29, 0.717) is 31.1 Å². The number of benzene rings is 1. The molecule has 0 spiro atoms. The number of alkyl halides is 3. The molecule has 0 aliphatic heterocycles. The van der Waals surface area contributed by atoms with Gasteiger partial charge in [0, 0.05) is 37.8 Å². The first-order valence-corrected chi connectivity index (χ1v) is 10.7. The van der Waals surface area contributed by atoms with E-state index in [9.17, 15) is 17.6 Å². The molecule has 0 amide bonds. The second kappa shape index (κ2) is 11.7. The van der Waals surface area contributed by atoms with E-state index >= 15 is 0 Å². The van der Waals surface area contributed by atoms with Gasteiger partial charge >= 0.3 is 6.18 Å². The number of ether oxygens (including phenoxy) is 3. The third-order valence-electron chi connectivity index (χ3n) is 4.11. The van der Waals surface area contributed by atoms with Gasteiger partial charge in [-0.2, -0.15) is 13.2 Å². The quantitative estimate of drug-likeness (QED) is 0.219. The minimum Gasteiger partial charge on any atom is -0.490 e. The Morgan fingerprint density at radius 2 is 1.66 bits per heavy atom. The van der Waals surface area contributed by atoms with Gasteiger partial charge in [-0.3, -0.25) is 0 Å². The zero-order valence-corrected chi connectivity index (χ0v) is 19.5. The highest BCUT2D eigenvalue weighted by molar-refractivity contribution is 7.80. The first-order chi connectivity index (χ1) is 15.1. The van der Waals surface area contributed by atoms with Gasteiger partial charge in [0.2, 0.25) is 5.88 Å². The van der Waals surface area contributed by atoms with Crippen LogP contribution in [0, 0.1) is 5.82 Å². The maximum absolute atomic E-state index is 13.7. The fraction of sp³-hybridized carbons (Fsp3) is 0.400. The van der Waals surface area contributed by atoms with Gasteiger partial charge in [0.25, 0.3) is 5.17 Å². The zero-order valence-electron chi connectivity index (χ0n) is 17.1. The van der Waals surface area contributed by atoms with Crippen molar-refractivity contribution < 1.29 is 31.8 Å². The van der Waals surface area contributed by atoms with Crippen molar-refractivity contribution in [1.29, 1.82) is 0 Å². The van der Waals surface area contributed by atoms with Crippen LogP contribution in [0.25, 0.3) is 0 Å². The summed E-state index contributed by atoms with van der Waals surface area (Å²) in [6, 6.07) is 3.35. The number of nitrogens with zero attached hydrogens (tertiary/aromatic N) is 2. The molecule has 1 heterocycles. The molecule has 5 nitrogen and oxygen atoms in total. The summed E-state index contributed by atoms with van der Waals surface area (Å²) in [5.41, 5.74) is -1.19. The lowest BCUT2D eigenvalue weighted by atomic mass is 10.3. The smallest absolute Gasteiger partial charge is 0.417 e. The van der Waals surface area contributed by atoms with Crippen molar-refractivity contribution in [3.8, 4) is 17.4 Å². The number of thiocarbonyl (C=S) groups is 1. The number of rotatable bonds is 9. The van der Waals surface area contributed by atoms with Gasteiger partial charge in [-0.15, -0.1) is 0 Å². The van der Waals surface area contributed by atoms with Crippen molar-refractivity contribution >= 4 is 40.6 Å². The molecule has 0 unspecified atom stereocenters. The molecule has 176 valence electrons. The van der Waals surface area contributed by atoms with Crippen LogP contribution in [0.1, 0.15) is 25.8 Å². The Labute approximate surface area is 198 Å². The van der Waals surface area contributed by atoms with Crippen LogP contribution >= 0.6 is 35.4 Å². The first-order valence-electron chi connectivity index (χ1n) is 9.50. The normalized spacial score (nSPS) is 11.2.